The van der Waals surface area contributed by atoms with E-state index in [-0.39, 0.29) is 22.9 Å². The third kappa shape index (κ3) is 8.04. The lowest BCUT2D eigenvalue weighted by molar-refractivity contribution is -0.140. The molecule has 0 aliphatic heterocycles. The maximum absolute atomic E-state index is 14.0. The van der Waals surface area contributed by atoms with Crippen LogP contribution in [0.15, 0.2) is 77.7 Å². The zero-order valence-corrected chi connectivity index (χ0v) is 25.1. The molecule has 0 saturated carbocycles. The van der Waals surface area contributed by atoms with Crippen LogP contribution in [0.3, 0.4) is 0 Å². The molecule has 2 amide bonds. The third-order valence-corrected chi connectivity index (χ3v) is 8.62. The molecule has 0 saturated heterocycles. The molecule has 0 fully saturated rings. The molecule has 3 aromatic rings. The predicted molar refractivity (Wildman–Crippen MR) is 157 cm³/mol. The number of rotatable bonds is 12. The number of carbonyl (C=O) groups excluding carboxylic acids is 2. The SMILES string of the molecule is CCCNC(=O)[C@H](CC)N(Cc1cccc(C)c1)C(=O)CN(c1cc(C(F)(F)F)ccc1Cl)S(=O)(=O)c1ccccc1. The van der Waals surface area contributed by atoms with Crippen LogP contribution in [0, 0.1) is 6.92 Å². The van der Waals surface area contributed by atoms with Crippen LogP contribution in [-0.2, 0) is 32.3 Å². The molecule has 0 heterocycles. The lowest BCUT2D eigenvalue weighted by Crippen LogP contribution is -2.52. The molecule has 12 heteroatoms. The van der Waals surface area contributed by atoms with Gasteiger partial charge < -0.3 is 10.2 Å². The fraction of sp³-hybridized carbons (Fsp3) is 0.333. The average Bonchev–Trinajstić information content (AvgIpc) is 2.94. The number of aryl methyl sites for hydroxylation is 1. The van der Waals surface area contributed by atoms with Crippen LogP contribution in [0.5, 0.6) is 0 Å². The Morgan fingerprint density at radius 1 is 0.976 bits per heavy atom. The lowest BCUT2D eigenvalue weighted by Gasteiger charge is -2.33. The van der Waals surface area contributed by atoms with Gasteiger partial charge in [-0.05, 0) is 55.7 Å². The third-order valence-electron chi connectivity index (χ3n) is 6.52. The van der Waals surface area contributed by atoms with Crippen molar-refractivity contribution in [1.29, 1.82) is 0 Å². The molecule has 3 rings (SSSR count). The maximum atomic E-state index is 14.0. The lowest BCUT2D eigenvalue weighted by atomic mass is 10.1. The van der Waals surface area contributed by atoms with Crippen LogP contribution in [0.4, 0.5) is 18.9 Å². The van der Waals surface area contributed by atoms with Crippen LogP contribution < -0.4 is 9.62 Å². The first-order valence-corrected chi connectivity index (χ1v) is 15.2. The van der Waals surface area contributed by atoms with E-state index in [2.05, 4.69) is 5.32 Å². The molecule has 0 aliphatic carbocycles. The number of sulfonamides is 1. The smallest absolute Gasteiger partial charge is 0.354 e. The summed E-state index contributed by atoms with van der Waals surface area (Å²) in [5.74, 6) is -1.21. The fourth-order valence-electron chi connectivity index (χ4n) is 4.41. The van der Waals surface area contributed by atoms with Crippen molar-refractivity contribution in [1.82, 2.24) is 10.2 Å². The Balaban J connectivity index is 2.15. The summed E-state index contributed by atoms with van der Waals surface area (Å²) >= 11 is 6.28. The second-order valence-corrected chi connectivity index (χ2v) is 12.0. The quantitative estimate of drug-likeness (QED) is 0.260. The summed E-state index contributed by atoms with van der Waals surface area (Å²) in [6.07, 6.45) is -3.93. The Bertz CT molecular complexity index is 1500. The summed E-state index contributed by atoms with van der Waals surface area (Å²) in [5.41, 5.74) is -0.0423. The first kappa shape index (κ1) is 32.9. The summed E-state index contributed by atoms with van der Waals surface area (Å²) in [4.78, 5) is 28.2. The zero-order chi connectivity index (χ0) is 31.1. The summed E-state index contributed by atoms with van der Waals surface area (Å²) in [6.45, 7) is 4.90. The number of benzene rings is 3. The van der Waals surface area contributed by atoms with Crippen molar-refractivity contribution in [2.75, 3.05) is 17.4 Å². The van der Waals surface area contributed by atoms with Crippen molar-refractivity contribution in [2.24, 2.45) is 0 Å². The van der Waals surface area contributed by atoms with E-state index in [0.717, 1.165) is 17.7 Å². The first-order valence-electron chi connectivity index (χ1n) is 13.4. The Hall–Kier alpha value is -3.57. The number of carbonyl (C=O) groups is 2. The molecule has 1 atom stereocenters. The van der Waals surface area contributed by atoms with E-state index in [1.54, 1.807) is 25.1 Å². The van der Waals surface area contributed by atoms with E-state index >= 15 is 0 Å². The van der Waals surface area contributed by atoms with Crippen molar-refractivity contribution in [3.63, 3.8) is 0 Å². The van der Waals surface area contributed by atoms with E-state index < -0.39 is 51.9 Å². The molecule has 3 aromatic carbocycles. The van der Waals surface area contributed by atoms with Crippen LogP contribution in [0.25, 0.3) is 0 Å². The molecule has 0 bridgehead atoms. The molecule has 0 radical (unpaired) electrons. The molecular formula is C30H33ClF3N3O4S. The summed E-state index contributed by atoms with van der Waals surface area (Å²) in [6, 6.07) is 15.6. The van der Waals surface area contributed by atoms with Gasteiger partial charge in [0.2, 0.25) is 11.8 Å². The van der Waals surface area contributed by atoms with Gasteiger partial charge in [-0.25, -0.2) is 8.42 Å². The van der Waals surface area contributed by atoms with Crippen molar-refractivity contribution in [3.05, 3.63) is 94.5 Å². The van der Waals surface area contributed by atoms with Gasteiger partial charge in [0, 0.05) is 13.1 Å². The predicted octanol–water partition coefficient (Wildman–Crippen LogP) is 6.20. The topological polar surface area (TPSA) is 86.8 Å². The van der Waals surface area contributed by atoms with Crippen LogP contribution in [0.2, 0.25) is 5.02 Å². The van der Waals surface area contributed by atoms with Crippen LogP contribution in [0.1, 0.15) is 43.4 Å². The van der Waals surface area contributed by atoms with Gasteiger partial charge >= 0.3 is 6.18 Å². The summed E-state index contributed by atoms with van der Waals surface area (Å²) < 4.78 is 69.3. The highest BCUT2D eigenvalue weighted by molar-refractivity contribution is 7.92. The van der Waals surface area contributed by atoms with Crippen LogP contribution >= 0.6 is 11.6 Å². The van der Waals surface area contributed by atoms with Gasteiger partial charge in [0.25, 0.3) is 10.0 Å². The second kappa shape index (κ2) is 14.1. The number of alkyl halides is 3. The van der Waals surface area contributed by atoms with Gasteiger partial charge in [0.15, 0.2) is 0 Å². The summed E-state index contributed by atoms with van der Waals surface area (Å²) in [7, 11) is -4.58. The first-order chi connectivity index (χ1) is 19.8. The summed E-state index contributed by atoms with van der Waals surface area (Å²) in [5, 5.41) is 2.48. The Morgan fingerprint density at radius 2 is 1.67 bits per heavy atom. The van der Waals surface area contributed by atoms with Crippen molar-refractivity contribution >= 4 is 39.1 Å². The van der Waals surface area contributed by atoms with Gasteiger partial charge in [-0.3, -0.25) is 13.9 Å². The largest absolute Gasteiger partial charge is 0.416 e. The molecule has 1 N–H and O–H groups in total. The van der Waals surface area contributed by atoms with Gasteiger partial charge in [0.05, 0.1) is 21.2 Å². The number of hydrogen-bond donors (Lipinski definition) is 1. The van der Waals surface area contributed by atoms with Crippen molar-refractivity contribution in [3.8, 4) is 0 Å². The van der Waals surface area contributed by atoms with E-state index in [9.17, 15) is 31.2 Å². The van der Waals surface area contributed by atoms with Crippen molar-refractivity contribution in [2.45, 2.75) is 57.3 Å². The highest BCUT2D eigenvalue weighted by Crippen LogP contribution is 2.37. The number of nitrogens with one attached hydrogen (secondary N) is 1. The molecule has 7 nitrogen and oxygen atoms in total. The minimum Gasteiger partial charge on any atom is -0.354 e. The normalized spacial score (nSPS) is 12.5. The van der Waals surface area contributed by atoms with E-state index in [1.165, 1.54) is 29.2 Å². The van der Waals surface area contributed by atoms with Crippen LogP contribution in [-0.4, -0.2) is 44.3 Å². The molecular weight excluding hydrogens is 591 g/mol. The van der Waals surface area contributed by atoms with E-state index in [4.69, 9.17) is 11.6 Å². The maximum Gasteiger partial charge on any atom is 0.416 e. The zero-order valence-electron chi connectivity index (χ0n) is 23.5. The molecule has 0 aromatic heterocycles. The highest BCUT2D eigenvalue weighted by Gasteiger charge is 2.36. The van der Waals surface area contributed by atoms with Gasteiger partial charge in [-0.15, -0.1) is 0 Å². The number of nitrogens with zero attached hydrogens (tertiary/aromatic N) is 2. The molecule has 42 heavy (non-hydrogen) atoms. The Morgan fingerprint density at radius 3 is 2.26 bits per heavy atom. The number of anilines is 1. The molecule has 0 spiro atoms. The number of hydrogen-bond acceptors (Lipinski definition) is 4. The molecule has 0 aliphatic rings. The molecule has 0 unspecified atom stereocenters. The number of amides is 2. The Labute approximate surface area is 249 Å². The van der Waals surface area contributed by atoms with Crippen molar-refractivity contribution < 1.29 is 31.2 Å². The molecule has 226 valence electrons. The minimum atomic E-state index is -4.80. The van der Waals surface area contributed by atoms with Gasteiger partial charge in [0.1, 0.15) is 12.6 Å². The number of halogens is 4. The minimum absolute atomic E-state index is 0.0336. The second-order valence-electron chi connectivity index (χ2n) is 9.71. The van der Waals surface area contributed by atoms with E-state index in [0.29, 0.717) is 28.9 Å². The van der Waals surface area contributed by atoms with Gasteiger partial charge in [-0.1, -0.05) is 73.5 Å². The Kier molecular flexibility index (Phi) is 11.0. The van der Waals surface area contributed by atoms with Gasteiger partial charge in [-0.2, -0.15) is 13.2 Å². The standard InChI is InChI=1S/C30H33ClF3N3O4S/c1-4-16-35-29(39)26(5-2)36(19-22-11-9-10-21(3)17-22)28(38)20-37(42(40,41)24-12-7-6-8-13-24)27-18-23(30(32,33)34)14-15-25(27)31/h6-15,17-18,26H,4-5,16,19-20H2,1-3H3,(H,35,39)/t26-/m0/s1. The monoisotopic (exact) mass is 623 g/mol. The average molecular weight is 624 g/mol. The fourth-order valence-corrected chi connectivity index (χ4v) is 6.12. The van der Waals surface area contributed by atoms with E-state index in [1.807, 2.05) is 26.0 Å². The highest BCUT2D eigenvalue weighted by atomic mass is 35.5.